The number of rotatable bonds is 4. The molecule has 0 saturated carbocycles. The van der Waals surface area contributed by atoms with E-state index < -0.39 is 0 Å². The van der Waals surface area contributed by atoms with Crippen LogP contribution in [0.5, 0.6) is 0 Å². The molecule has 0 spiro atoms. The van der Waals surface area contributed by atoms with Crippen LogP contribution in [0.4, 0.5) is 11.4 Å². The maximum absolute atomic E-state index is 11.3. The summed E-state index contributed by atoms with van der Waals surface area (Å²) in [4.78, 5) is 20.1. The van der Waals surface area contributed by atoms with Gasteiger partial charge in [0.05, 0.1) is 21.2 Å². The van der Waals surface area contributed by atoms with E-state index >= 15 is 0 Å². The third-order valence-corrected chi connectivity index (χ3v) is 5.81. The van der Waals surface area contributed by atoms with Gasteiger partial charge in [0.15, 0.2) is 0 Å². The van der Waals surface area contributed by atoms with Gasteiger partial charge in [0.1, 0.15) is 5.69 Å². The highest BCUT2D eigenvalue weighted by Gasteiger charge is 2.24. The van der Waals surface area contributed by atoms with Crippen molar-refractivity contribution in [2.45, 2.75) is 13.5 Å². The van der Waals surface area contributed by atoms with Crippen molar-refractivity contribution in [2.75, 3.05) is 31.1 Å². The Bertz CT molecular complexity index is 1030. The normalized spacial score (nSPS) is 15.1. The molecule has 3 aromatic rings. The van der Waals surface area contributed by atoms with Crippen molar-refractivity contribution in [3.8, 4) is 0 Å². The molecule has 4 rings (SSSR count). The molecular weight excluding hydrogens is 376 g/mol. The monoisotopic (exact) mass is 396 g/mol. The van der Waals surface area contributed by atoms with Crippen molar-refractivity contribution in [1.82, 2.24) is 9.88 Å². The first-order valence-corrected chi connectivity index (χ1v) is 9.67. The number of hydrogen-bond donors (Lipinski definition) is 0. The van der Waals surface area contributed by atoms with Gasteiger partial charge in [0, 0.05) is 44.2 Å². The molecule has 1 aromatic heterocycles. The summed E-state index contributed by atoms with van der Waals surface area (Å²) in [5, 5.41) is 13.1. The Balaban J connectivity index is 1.49. The van der Waals surface area contributed by atoms with Crippen molar-refractivity contribution < 1.29 is 4.92 Å². The van der Waals surface area contributed by atoms with Gasteiger partial charge in [0.25, 0.3) is 5.69 Å². The number of anilines is 1. The fraction of sp³-hybridized carbons (Fsp3) is 0.286. The average molecular weight is 397 g/mol. The van der Waals surface area contributed by atoms with E-state index in [1.807, 2.05) is 43.3 Å². The van der Waals surface area contributed by atoms with E-state index in [0.29, 0.717) is 12.2 Å². The second-order valence-corrected chi connectivity index (χ2v) is 7.40. The Hall–Kier alpha value is -2.70. The zero-order valence-electron chi connectivity index (χ0n) is 15.6. The molecule has 0 amide bonds. The summed E-state index contributed by atoms with van der Waals surface area (Å²) in [5.74, 6) is 0. The van der Waals surface area contributed by atoms with Crippen LogP contribution in [0.2, 0.25) is 5.02 Å². The largest absolute Gasteiger partial charge is 0.363 e. The van der Waals surface area contributed by atoms with Gasteiger partial charge in [0.2, 0.25) is 0 Å². The van der Waals surface area contributed by atoms with Crippen molar-refractivity contribution >= 4 is 33.9 Å². The average Bonchev–Trinajstić information content (AvgIpc) is 2.72. The van der Waals surface area contributed by atoms with Crippen LogP contribution in [0, 0.1) is 17.0 Å². The standard InChI is InChI=1S/C21H21ClN4O2/c1-15-16-6-2-3-7-17(16)23-18(21(15)22)14-24-10-12-25(13-11-24)19-8-4-5-9-20(19)26(27)28/h2-9H,10-14H2,1H3. The molecule has 0 aliphatic carbocycles. The minimum atomic E-state index is -0.316. The van der Waals surface area contributed by atoms with Gasteiger partial charge in [-0.25, -0.2) is 4.98 Å². The molecule has 1 fully saturated rings. The highest BCUT2D eigenvalue weighted by Crippen LogP contribution is 2.30. The van der Waals surface area contributed by atoms with E-state index in [2.05, 4.69) is 9.80 Å². The molecule has 2 aromatic carbocycles. The minimum absolute atomic E-state index is 0.158. The Labute approximate surface area is 168 Å². The van der Waals surface area contributed by atoms with Crippen LogP contribution >= 0.6 is 11.6 Å². The number of para-hydroxylation sites is 3. The lowest BCUT2D eigenvalue weighted by Gasteiger charge is -2.35. The number of benzene rings is 2. The number of aryl methyl sites for hydroxylation is 1. The molecule has 0 atom stereocenters. The summed E-state index contributed by atoms with van der Waals surface area (Å²) in [5.41, 5.74) is 3.74. The SMILES string of the molecule is Cc1c(Cl)c(CN2CCN(c3ccccc3[N+](=O)[O-])CC2)nc2ccccc12. The molecular formula is C21H21ClN4O2. The maximum atomic E-state index is 11.3. The van der Waals surface area contributed by atoms with Gasteiger partial charge in [-0.1, -0.05) is 41.9 Å². The highest BCUT2D eigenvalue weighted by atomic mass is 35.5. The number of nitro groups is 1. The number of nitro benzene ring substituents is 1. The summed E-state index contributed by atoms with van der Waals surface area (Å²) < 4.78 is 0. The van der Waals surface area contributed by atoms with Gasteiger partial charge < -0.3 is 4.90 Å². The number of halogens is 1. The molecule has 1 aliphatic heterocycles. The molecule has 144 valence electrons. The van der Waals surface area contributed by atoms with E-state index in [1.54, 1.807) is 12.1 Å². The van der Waals surface area contributed by atoms with Crippen molar-refractivity contribution in [2.24, 2.45) is 0 Å². The fourth-order valence-electron chi connectivity index (χ4n) is 3.77. The van der Waals surface area contributed by atoms with E-state index in [0.717, 1.165) is 53.4 Å². The molecule has 0 unspecified atom stereocenters. The van der Waals surface area contributed by atoms with E-state index in [4.69, 9.17) is 16.6 Å². The second-order valence-electron chi connectivity index (χ2n) is 7.02. The summed E-state index contributed by atoms with van der Waals surface area (Å²) in [6, 6.07) is 15.0. The molecule has 0 N–H and O–H groups in total. The molecule has 6 nitrogen and oxygen atoms in total. The molecule has 0 bridgehead atoms. The van der Waals surface area contributed by atoms with E-state index in [9.17, 15) is 10.1 Å². The summed E-state index contributed by atoms with van der Waals surface area (Å²) >= 11 is 6.60. The summed E-state index contributed by atoms with van der Waals surface area (Å²) in [6.45, 7) is 5.77. The Morgan fingerprint density at radius 2 is 1.75 bits per heavy atom. The number of piperazine rings is 1. The lowest BCUT2D eigenvalue weighted by molar-refractivity contribution is -0.384. The molecule has 1 aliphatic rings. The van der Waals surface area contributed by atoms with Crippen LogP contribution < -0.4 is 4.90 Å². The number of fused-ring (bicyclic) bond motifs is 1. The predicted octanol–water partition coefficient (Wildman–Crippen LogP) is 4.43. The number of aromatic nitrogens is 1. The van der Waals surface area contributed by atoms with Gasteiger partial charge in [-0.3, -0.25) is 15.0 Å². The number of pyridine rings is 1. The first-order valence-electron chi connectivity index (χ1n) is 9.29. The Kier molecular flexibility index (Phi) is 5.15. The van der Waals surface area contributed by atoms with Gasteiger partial charge in [-0.2, -0.15) is 0 Å². The molecule has 1 saturated heterocycles. The zero-order chi connectivity index (χ0) is 19.7. The van der Waals surface area contributed by atoms with E-state index in [-0.39, 0.29) is 10.6 Å². The van der Waals surface area contributed by atoms with Gasteiger partial charge >= 0.3 is 0 Å². The second kappa shape index (κ2) is 7.73. The fourth-order valence-corrected chi connectivity index (χ4v) is 3.97. The van der Waals surface area contributed by atoms with Gasteiger partial charge in [-0.05, 0) is 24.6 Å². The predicted molar refractivity (Wildman–Crippen MR) is 112 cm³/mol. The van der Waals surface area contributed by atoms with Crippen LogP contribution in [0.3, 0.4) is 0 Å². The third kappa shape index (κ3) is 3.53. The summed E-state index contributed by atoms with van der Waals surface area (Å²) in [6.07, 6.45) is 0. The van der Waals surface area contributed by atoms with Crippen LogP contribution in [0.25, 0.3) is 10.9 Å². The minimum Gasteiger partial charge on any atom is -0.363 e. The number of nitrogens with zero attached hydrogens (tertiary/aromatic N) is 4. The van der Waals surface area contributed by atoms with Crippen molar-refractivity contribution in [1.29, 1.82) is 0 Å². The Morgan fingerprint density at radius 1 is 1.07 bits per heavy atom. The maximum Gasteiger partial charge on any atom is 0.292 e. The first-order chi connectivity index (χ1) is 13.5. The van der Waals surface area contributed by atoms with Crippen LogP contribution in [-0.4, -0.2) is 41.0 Å². The Morgan fingerprint density at radius 3 is 2.50 bits per heavy atom. The summed E-state index contributed by atoms with van der Waals surface area (Å²) in [7, 11) is 0. The molecule has 28 heavy (non-hydrogen) atoms. The first kappa shape index (κ1) is 18.7. The molecule has 2 heterocycles. The van der Waals surface area contributed by atoms with Crippen LogP contribution in [-0.2, 0) is 6.54 Å². The van der Waals surface area contributed by atoms with Crippen LogP contribution in [0.1, 0.15) is 11.3 Å². The lowest BCUT2D eigenvalue weighted by atomic mass is 10.1. The van der Waals surface area contributed by atoms with Crippen LogP contribution in [0.15, 0.2) is 48.5 Å². The quantitative estimate of drug-likeness (QED) is 0.482. The van der Waals surface area contributed by atoms with Gasteiger partial charge in [-0.15, -0.1) is 0 Å². The van der Waals surface area contributed by atoms with E-state index in [1.165, 1.54) is 0 Å². The smallest absolute Gasteiger partial charge is 0.292 e. The zero-order valence-corrected chi connectivity index (χ0v) is 16.4. The van der Waals surface area contributed by atoms with Crippen molar-refractivity contribution in [3.63, 3.8) is 0 Å². The molecule has 0 radical (unpaired) electrons. The molecule has 7 heteroatoms. The topological polar surface area (TPSA) is 62.5 Å². The lowest BCUT2D eigenvalue weighted by Crippen LogP contribution is -2.46. The highest BCUT2D eigenvalue weighted by molar-refractivity contribution is 6.32. The van der Waals surface area contributed by atoms with Crippen molar-refractivity contribution in [3.05, 3.63) is 74.9 Å². The third-order valence-electron chi connectivity index (χ3n) is 5.31. The number of hydrogen-bond acceptors (Lipinski definition) is 5.